The Morgan fingerprint density at radius 1 is 0.613 bits per heavy atom. The van der Waals surface area contributed by atoms with Crippen LogP contribution in [0.3, 0.4) is 0 Å². The van der Waals surface area contributed by atoms with E-state index in [1.807, 2.05) is 0 Å². The van der Waals surface area contributed by atoms with Gasteiger partial charge in [0.25, 0.3) is 0 Å². The molecule has 0 aromatic carbocycles. The van der Waals surface area contributed by atoms with Crippen molar-refractivity contribution in [3.8, 4) is 0 Å². The zero-order valence-electron chi connectivity index (χ0n) is 20.6. The third kappa shape index (κ3) is 52.8. The largest absolute Gasteiger partial charge is 0.481 e. The summed E-state index contributed by atoms with van der Waals surface area (Å²) < 4.78 is 4.63. The van der Waals surface area contributed by atoms with E-state index in [-0.39, 0.29) is 13.2 Å². The lowest BCUT2D eigenvalue weighted by atomic mass is 10.0. The first-order valence-electron chi connectivity index (χ1n) is 12.2. The first-order valence-corrected chi connectivity index (χ1v) is 12.2. The molecule has 0 unspecified atom stereocenters. The van der Waals surface area contributed by atoms with Gasteiger partial charge in [0.15, 0.2) is 0 Å². The molecule has 0 spiro atoms. The van der Waals surface area contributed by atoms with Crippen LogP contribution >= 0.6 is 0 Å². The highest BCUT2D eigenvalue weighted by Gasteiger charge is 1.97. The first kappa shape index (κ1) is 37.2. The lowest BCUT2D eigenvalue weighted by Crippen LogP contribution is -2.03. The molecule has 0 aliphatic rings. The van der Waals surface area contributed by atoms with E-state index in [1.54, 1.807) is 0 Å². The standard InChI is InChI=1S/C18H36O2.C4H10O3.2C2H4/c1-2-3-4-5-6-7-8-9-10-11-12-13-14-15-16-17-18(19)20;5-1-3-7-4-2-6;2*1-2/h2-17H2,1H3,(H,19,20);5-6H,1-4H2;2*1-2H2. The zero-order valence-corrected chi connectivity index (χ0v) is 20.6. The van der Waals surface area contributed by atoms with Crippen LogP contribution in [0.4, 0.5) is 0 Å². The molecule has 0 saturated carbocycles. The number of aliphatic carboxylic acids is 1. The van der Waals surface area contributed by atoms with Crippen LogP contribution in [0, 0.1) is 0 Å². The summed E-state index contributed by atoms with van der Waals surface area (Å²) in [4.78, 5) is 10.3. The van der Waals surface area contributed by atoms with Crippen LogP contribution < -0.4 is 0 Å². The predicted octanol–water partition coefficient (Wildman–Crippen LogP) is 6.92. The molecular weight excluding hydrogens is 392 g/mol. The Labute approximate surface area is 193 Å². The van der Waals surface area contributed by atoms with Gasteiger partial charge < -0.3 is 20.1 Å². The molecule has 0 bridgehead atoms. The number of rotatable bonds is 20. The fraction of sp³-hybridized carbons (Fsp3) is 0.808. The second-order valence-electron chi connectivity index (χ2n) is 7.15. The fourth-order valence-corrected chi connectivity index (χ4v) is 2.88. The second kappa shape index (κ2) is 42.8. The summed E-state index contributed by atoms with van der Waals surface area (Å²) in [6, 6.07) is 0. The number of aliphatic hydroxyl groups excluding tert-OH is 2. The number of unbranched alkanes of at least 4 members (excludes halogenated alkanes) is 14. The zero-order chi connectivity index (χ0) is 24.4. The summed E-state index contributed by atoms with van der Waals surface area (Å²) in [6.45, 7) is 15.0. The molecular formula is C26H54O5. The molecule has 0 saturated heterocycles. The SMILES string of the molecule is C=C.C=C.CCCCCCCCCCCCCCCCCC(=O)O.OCCOCCO. The Balaban J connectivity index is -0.000000276. The van der Waals surface area contributed by atoms with Gasteiger partial charge in [0.2, 0.25) is 0 Å². The summed E-state index contributed by atoms with van der Waals surface area (Å²) in [6.07, 6.45) is 20.2. The monoisotopic (exact) mass is 446 g/mol. The quantitative estimate of drug-likeness (QED) is 0.139. The van der Waals surface area contributed by atoms with Crippen LogP contribution in [0.1, 0.15) is 110 Å². The summed E-state index contributed by atoms with van der Waals surface area (Å²) in [5.41, 5.74) is 0. The van der Waals surface area contributed by atoms with E-state index >= 15 is 0 Å². The summed E-state index contributed by atoms with van der Waals surface area (Å²) >= 11 is 0. The second-order valence-corrected chi connectivity index (χ2v) is 7.15. The highest BCUT2D eigenvalue weighted by Crippen LogP contribution is 2.13. The van der Waals surface area contributed by atoms with Crippen molar-refractivity contribution in [1.82, 2.24) is 0 Å². The van der Waals surface area contributed by atoms with Gasteiger partial charge in [-0.15, -0.1) is 26.3 Å². The molecule has 0 atom stereocenters. The van der Waals surface area contributed by atoms with E-state index in [9.17, 15) is 4.79 Å². The van der Waals surface area contributed by atoms with Gasteiger partial charge in [-0.25, -0.2) is 0 Å². The van der Waals surface area contributed by atoms with Gasteiger partial charge in [-0.3, -0.25) is 4.79 Å². The van der Waals surface area contributed by atoms with Crippen molar-refractivity contribution < 1.29 is 24.9 Å². The fourth-order valence-electron chi connectivity index (χ4n) is 2.88. The maximum atomic E-state index is 10.3. The van der Waals surface area contributed by atoms with Crippen LogP contribution in [0.2, 0.25) is 0 Å². The van der Waals surface area contributed by atoms with Crippen molar-refractivity contribution in [3.05, 3.63) is 26.3 Å². The minimum Gasteiger partial charge on any atom is -0.481 e. The van der Waals surface area contributed by atoms with Crippen molar-refractivity contribution in [2.75, 3.05) is 26.4 Å². The molecule has 188 valence electrons. The van der Waals surface area contributed by atoms with Crippen LogP contribution in [0.5, 0.6) is 0 Å². The molecule has 0 radical (unpaired) electrons. The van der Waals surface area contributed by atoms with Gasteiger partial charge in [0.05, 0.1) is 26.4 Å². The first-order chi connectivity index (χ1) is 15.2. The number of carboxylic acids is 1. The number of carboxylic acid groups (broad SMARTS) is 1. The van der Waals surface area contributed by atoms with Crippen molar-refractivity contribution >= 4 is 5.97 Å². The Morgan fingerprint density at radius 2 is 0.903 bits per heavy atom. The van der Waals surface area contributed by atoms with Gasteiger partial charge in [0, 0.05) is 6.42 Å². The molecule has 0 amide bonds. The van der Waals surface area contributed by atoms with Gasteiger partial charge >= 0.3 is 5.97 Å². The van der Waals surface area contributed by atoms with Crippen LogP contribution in [-0.4, -0.2) is 47.7 Å². The van der Waals surface area contributed by atoms with E-state index in [2.05, 4.69) is 38.0 Å². The molecule has 31 heavy (non-hydrogen) atoms. The number of hydrogen-bond acceptors (Lipinski definition) is 4. The average molecular weight is 447 g/mol. The lowest BCUT2D eigenvalue weighted by Gasteiger charge is -2.03. The summed E-state index contributed by atoms with van der Waals surface area (Å²) in [7, 11) is 0. The minimum atomic E-state index is -0.653. The Kier molecular flexibility index (Phi) is 51.4. The Morgan fingerprint density at radius 3 is 1.16 bits per heavy atom. The highest BCUT2D eigenvalue weighted by molar-refractivity contribution is 5.66. The number of ether oxygens (including phenoxy) is 1. The Hall–Kier alpha value is -1.17. The molecule has 5 nitrogen and oxygen atoms in total. The molecule has 0 aromatic heterocycles. The molecule has 0 heterocycles. The number of carbonyl (C=O) groups is 1. The van der Waals surface area contributed by atoms with Gasteiger partial charge in [-0.05, 0) is 6.42 Å². The molecule has 5 heteroatoms. The maximum Gasteiger partial charge on any atom is 0.303 e. The van der Waals surface area contributed by atoms with Gasteiger partial charge in [-0.2, -0.15) is 0 Å². The molecule has 0 aromatic rings. The molecule has 0 aliphatic heterocycles. The summed E-state index contributed by atoms with van der Waals surface area (Å²) in [5.74, 6) is -0.653. The normalized spacial score (nSPS) is 9.39. The molecule has 0 aliphatic carbocycles. The third-order valence-corrected chi connectivity index (χ3v) is 4.47. The topological polar surface area (TPSA) is 87.0 Å². The summed E-state index contributed by atoms with van der Waals surface area (Å²) in [5, 5.41) is 24.7. The van der Waals surface area contributed by atoms with Gasteiger partial charge in [0.1, 0.15) is 0 Å². The van der Waals surface area contributed by atoms with E-state index in [0.717, 1.165) is 12.8 Å². The van der Waals surface area contributed by atoms with E-state index in [1.165, 1.54) is 83.5 Å². The third-order valence-electron chi connectivity index (χ3n) is 4.47. The number of hydrogen-bond donors (Lipinski definition) is 3. The predicted molar refractivity (Wildman–Crippen MR) is 135 cm³/mol. The van der Waals surface area contributed by atoms with Crippen LogP contribution in [0.25, 0.3) is 0 Å². The number of aliphatic hydroxyl groups is 2. The van der Waals surface area contributed by atoms with Crippen LogP contribution in [0.15, 0.2) is 26.3 Å². The Bertz CT molecular complexity index is 292. The maximum absolute atomic E-state index is 10.3. The molecule has 0 fully saturated rings. The van der Waals surface area contributed by atoms with E-state index in [4.69, 9.17) is 15.3 Å². The van der Waals surface area contributed by atoms with E-state index < -0.39 is 5.97 Å². The van der Waals surface area contributed by atoms with Crippen molar-refractivity contribution in [3.63, 3.8) is 0 Å². The van der Waals surface area contributed by atoms with E-state index in [0.29, 0.717) is 19.6 Å². The van der Waals surface area contributed by atoms with Crippen LogP contribution in [-0.2, 0) is 9.53 Å². The van der Waals surface area contributed by atoms with Crippen molar-refractivity contribution in [2.45, 2.75) is 110 Å². The van der Waals surface area contributed by atoms with Crippen molar-refractivity contribution in [2.24, 2.45) is 0 Å². The minimum absolute atomic E-state index is 0.0278. The molecule has 0 rings (SSSR count). The smallest absolute Gasteiger partial charge is 0.303 e. The lowest BCUT2D eigenvalue weighted by molar-refractivity contribution is -0.137. The van der Waals surface area contributed by atoms with Crippen molar-refractivity contribution in [1.29, 1.82) is 0 Å². The highest BCUT2D eigenvalue weighted by atomic mass is 16.5. The average Bonchev–Trinajstić information content (AvgIpc) is 2.80. The van der Waals surface area contributed by atoms with Gasteiger partial charge in [-0.1, -0.05) is 96.8 Å². The molecule has 3 N–H and O–H groups in total.